The molecule has 0 aliphatic heterocycles. The van der Waals surface area contributed by atoms with Crippen LogP contribution in [0.1, 0.15) is 15.9 Å². The molecular weight excluding hydrogens is 439 g/mol. The Kier molecular flexibility index (Phi) is 6.38. The summed E-state index contributed by atoms with van der Waals surface area (Å²) in [4.78, 5) is 17.8. The molecule has 0 radical (unpaired) electrons. The molecule has 0 saturated carbocycles. The van der Waals surface area contributed by atoms with Gasteiger partial charge in [0.25, 0.3) is 5.91 Å². The lowest BCUT2D eigenvalue weighted by Crippen LogP contribution is -2.12. The Balaban J connectivity index is 1.56. The molecule has 1 N–H and O–H groups in total. The molecule has 1 amide bonds. The summed E-state index contributed by atoms with van der Waals surface area (Å²) in [6.45, 7) is 0.544. The summed E-state index contributed by atoms with van der Waals surface area (Å²) in [5.41, 5.74) is 2.28. The topological polar surface area (TPSA) is 59.8 Å². The SMILES string of the molecule is O=C(Nc1ccccc1Sc1nc(Cl)nn1Cc1ccccc1)c1ccc(Cl)cc1. The lowest BCUT2D eigenvalue weighted by atomic mass is 10.2. The first-order chi connectivity index (χ1) is 14.6. The normalized spacial score (nSPS) is 10.7. The maximum absolute atomic E-state index is 12.6. The zero-order valence-electron chi connectivity index (χ0n) is 15.6. The van der Waals surface area contributed by atoms with E-state index in [1.165, 1.54) is 11.8 Å². The molecule has 0 atom stereocenters. The molecule has 5 nitrogen and oxygen atoms in total. The van der Waals surface area contributed by atoms with Crippen LogP contribution in [0.25, 0.3) is 0 Å². The van der Waals surface area contributed by atoms with Crippen molar-refractivity contribution >= 4 is 46.6 Å². The maximum Gasteiger partial charge on any atom is 0.255 e. The van der Waals surface area contributed by atoms with Crippen molar-refractivity contribution in [1.29, 1.82) is 0 Å². The second-order valence-corrected chi connectivity index (χ2v) is 8.15. The predicted octanol–water partition coefficient (Wildman–Crippen LogP) is 6.04. The maximum atomic E-state index is 12.6. The van der Waals surface area contributed by atoms with Gasteiger partial charge in [-0.25, -0.2) is 4.68 Å². The molecule has 1 aromatic heterocycles. The Morgan fingerprint density at radius 2 is 1.63 bits per heavy atom. The molecule has 4 aromatic rings. The number of hydrogen-bond donors (Lipinski definition) is 1. The molecule has 0 aliphatic carbocycles. The molecule has 4 rings (SSSR count). The fraction of sp³-hybridized carbons (Fsp3) is 0.0455. The van der Waals surface area contributed by atoms with E-state index in [0.717, 1.165) is 10.5 Å². The number of nitrogens with one attached hydrogen (secondary N) is 1. The van der Waals surface area contributed by atoms with Gasteiger partial charge in [0.05, 0.1) is 12.2 Å². The number of rotatable bonds is 6. The van der Waals surface area contributed by atoms with Gasteiger partial charge in [0.2, 0.25) is 5.28 Å². The van der Waals surface area contributed by atoms with Crippen LogP contribution in [-0.4, -0.2) is 20.7 Å². The van der Waals surface area contributed by atoms with Crippen LogP contribution < -0.4 is 5.32 Å². The van der Waals surface area contributed by atoms with Gasteiger partial charge in [-0.3, -0.25) is 4.79 Å². The van der Waals surface area contributed by atoms with E-state index < -0.39 is 0 Å². The minimum Gasteiger partial charge on any atom is -0.321 e. The minimum atomic E-state index is -0.219. The van der Waals surface area contributed by atoms with Crippen LogP contribution in [0.4, 0.5) is 5.69 Å². The second kappa shape index (κ2) is 9.34. The summed E-state index contributed by atoms with van der Waals surface area (Å²) in [5, 5.41) is 8.64. The molecular formula is C22H16Cl2N4OS. The molecule has 30 heavy (non-hydrogen) atoms. The van der Waals surface area contributed by atoms with Crippen LogP contribution in [0.3, 0.4) is 0 Å². The average Bonchev–Trinajstić information content (AvgIpc) is 3.09. The Hall–Kier alpha value is -2.80. The highest BCUT2D eigenvalue weighted by molar-refractivity contribution is 7.99. The van der Waals surface area contributed by atoms with Crippen LogP contribution in [0.5, 0.6) is 0 Å². The molecule has 0 unspecified atom stereocenters. The fourth-order valence-corrected chi connectivity index (χ4v) is 4.05. The number of benzene rings is 3. The van der Waals surface area contributed by atoms with E-state index in [0.29, 0.717) is 28.0 Å². The number of hydrogen-bond acceptors (Lipinski definition) is 4. The second-order valence-electron chi connectivity index (χ2n) is 6.37. The Labute approximate surface area is 188 Å². The molecule has 1 heterocycles. The third-order valence-corrected chi connectivity index (χ3v) is 5.70. The third kappa shape index (κ3) is 5.02. The first kappa shape index (κ1) is 20.5. The number of amides is 1. The summed E-state index contributed by atoms with van der Waals surface area (Å²) in [7, 11) is 0. The fourth-order valence-electron chi connectivity index (χ4n) is 2.79. The van der Waals surface area contributed by atoms with Crippen LogP contribution >= 0.6 is 35.0 Å². The molecule has 0 fully saturated rings. The van der Waals surface area contributed by atoms with Gasteiger partial charge >= 0.3 is 0 Å². The summed E-state index contributed by atoms with van der Waals surface area (Å²) < 4.78 is 1.75. The number of carbonyl (C=O) groups excluding carboxylic acids is 1. The highest BCUT2D eigenvalue weighted by atomic mass is 35.5. The first-order valence-electron chi connectivity index (χ1n) is 9.06. The summed E-state index contributed by atoms with van der Waals surface area (Å²) >= 11 is 13.4. The smallest absolute Gasteiger partial charge is 0.255 e. The average molecular weight is 455 g/mol. The van der Waals surface area contributed by atoms with Gasteiger partial charge in [0.1, 0.15) is 0 Å². The van der Waals surface area contributed by atoms with Gasteiger partial charge in [0, 0.05) is 15.5 Å². The lowest BCUT2D eigenvalue weighted by molar-refractivity contribution is 0.102. The molecule has 0 aliphatic rings. The van der Waals surface area contributed by atoms with Gasteiger partial charge in [-0.1, -0.05) is 54.1 Å². The number of para-hydroxylation sites is 1. The van der Waals surface area contributed by atoms with Crippen molar-refractivity contribution < 1.29 is 4.79 Å². The van der Waals surface area contributed by atoms with E-state index in [1.807, 2.05) is 54.6 Å². The molecule has 0 bridgehead atoms. The van der Waals surface area contributed by atoms with E-state index in [9.17, 15) is 4.79 Å². The van der Waals surface area contributed by atoms with E-state index in [2.05, 4.69) is 15.4 Å². The lowest BCUT2D eigenvalue weighted by Gasteiger charge is -2.11. The minimum absolute atomic E-state index is 0.177. The molecule has 0 spiro atoms. The van der Waals surface area contributed by atoms with E-state index in [-0.39, 0.29) is 11.2 Å². The van der Waals surface area contributed by atoms with E-state index in [1.54, 1.807) is 28.9 Å². The summed E-state index contributed by atoms with van der Waals surface area (Å²) in [6.07, 6.45) is 0. The zero-order chi connectivity index (χ0) is 20.9. The largest absolute Gasteiger partial charge is 0.321 e. The van der Waals surface area contributed by atoms with Crippen LogP contribution in [0.2, 0.25) is 10.3 Å². The van der Waals surface area contributed by atoms with Crippen molar-refractivity contribution in [3.8, 4) is 0 Å². The highest BCUT2D eigenvalue weighted by Gasteiger charge is 2.15. The quantitative estimate of drug-likeness (QED) is 0.385. The third-order valence-electron chi connectivity index (χ3n) is 4.23. The van der Waals surface area contributed by atoms with Crippen molar-refractivity contribution in [3.05, 3.63) is 100 Å². The Morgan fingerprint density at radius 3 is 2.40 bits per heavy atom. The van der Waals surface area contributed by atoms with Crippen molar-refractivity contribution in [1.82, 2.24) is 14.8 Å². The summed E-state index contributed by atoms with van der Waals surface area (Å²) in [5.74, 6) is -0.219. The van der Waals surface area contributed by atoms with Crippen molar-refractivity contribution in [2.45, 2.75) is 16.6 Å². The standard InChI is InChI=1S/C22H16Cl2N4OS/c23-17-12-10-16(11-13-17)20(29)25-18-8-4-5-9-19(18)30-22-26-21(24)27-28(22)14-15-6-2-1-3-7-15/h1-13H,14H2,(H,25,29). The van der Waals surface area contributed by atoms with E-state index in [4.69, 9.17) is 23.2 Å². The first-order valence-corrected chi connectivity index (χ1v) is 10.6. The number of nitrogens with zero attached hydrogens (tertiary/aromatic N) is 3. The van der Waals surface area contributed by atoms with Crippen LogP contribution in [0.15, 0.2) is 88.9 Å². The Morgan fingerprint density at radius 1 is 0.933 bits per heavy atom. The highest BCUT2D eigenvalue weighted by Crippen LogP contribution is 2.33. The monoisotopic (exact) mass is 454 g/mol. The van der Waals surface area contributed by atoms with Gasteiger partial charge in [-0.2, -0.15) is 4.98 Å². The molecule has 0 saturated heterocycles. The molecule has 8 heteroatoms. The Bertz CT molecular complexity index is 1160. The zero-order valence-corrected chi connectivity index (χ0v) is 18.0. The van der Waals surface area contributed by atoms with Crippen LogP contribution in [0, 0.1) is 0 Å². The van der Waals surface area contributed by atoms with E-state index >= 15 is 0 Å². The summed E-state index contributed by atoms with van der Waals surface area (Å²) in [6, 6.07) is 24.2. The predicted molar refractivity (Wildman–Crippen MR) is 121 cm³/mol. The number of halogens is 2. The van der Waals surface area contributed by atoms with Crippen molar-refractivity contribution in [2.24, 2.45) is 0 Å². The van der Waals surface area contributed by atoms with Gasteiger partial charge in [0.15, 0.2) is 5.16 Å². The molecule has 150 valence electrons. The van der Waals surface area contributed by atoms with Crippen molar-refractivity contribution in [3.63, 3.8) is 0 Å². The van der Waals surface area contributed by atoms with Crippen LogP contribution in [-0.2, 0) is 6.54 Å². The number of anilines is 1. The van der Waals surface area contributed by atoms with Gasteiger partial charge in [-0.05, 0) is 65.3 Å². The van der Waals surface area contributed by atoms with Gasteiger partial charge in [-0.15, -0.1) is 5.10 Å². The van der Waals surface area contributed by atoms with Crippen molar-refractivity contribution in [2.75, 3.05) is 5.32 Å². The molecule has 3 aromatic carbocycles. The van der Waals surface area contributed by atoms with Gasteiger partial charge < -0.3 is 5.32 Å². The number of aromatic nitrogens is 3. The number of carbonyl (C=O) groups is 1.